The molecule has 2 heterocycles. The zero-order valence-corrected chi connectivity index (χ0v) is 9.58. The zero-order chi connectivity index (χ0) is 10.5. The van der Waals surface area contributed by atoms with Crippen LogP contribution < -0.4 is 5.32 Å². The van der Waals surface area contributed by atoms with E-state index in [-0.39, 0.29) is 0 Å². The Bertz CT molecular complexity index is 183. The first-order valence-corrected chi connectivity index (χ1v) is 5.99. The van der Waals surface area contributed by atoms with Crippen LogP contribution in [0.25, 0.3) is 0 Å². The lowest BCUT2D eigenvalue weighted by molar-refractivity contribution is 0.0475. The minimum Gasteiger partial charge on any atom is -0.378 e. The van der Waals surface area contributed by atoms with Crippen molar-refractivity contribution in [2.75, 3.05) is 46.0 Å². The average Bonchev–Trinajstić information content (AvgIpc) is 2.44. The van der Waals surface area contributed by atoms with Gasteiger partial charge in [-0.15, -0.1) is 0 Å². The lowest BCUT2D eigenvalue weighted by Crippen LogP contribution is -2.49. The molecule has 2 unspecified atom stereocenters. The average molecular weight is 214 g/mol. The highest BCUT2D eigenvalue weighted by molar-refractivity contribution is 4.77. The Labute approximate surface area is 91.9 Å². The standard InChI is InChI=1S/C11H22N2O2/c1-10-7-13(4-2-5-15-10)8-11-9-14-6-3-12-11/h10-12H,2-9H2,1H3. The van der Waals surface area contributed by atoms with Gasteiger partial charge in [0.2, 0.25) is 0 Å². The van der Waals surface area contributed by atoms with E-state index in [0.717, 1.165) is 52.4 Å². The number of rotatable bonds is 2. The maximum absolute atomic E-state index is 5.63. The quantitative estimate of drug-likeness (QED) is 0.706. The fraction of sp³-hybridized carbons (Fsp3) is 1.00. The van der Waals surface area contributed by atoms with Gasteiger partial charge in [0.1, 0.15) is 0 Å². The second-order valence-corrected chi connectivity index (χ2v) is 4.52. The minimum atomic E-state index is 0.372. The first-order chi connectivity index (χ1) is 7.34. The molecular weight excluding hydrogens is 192 g/mol. The van der Waals surface area contributed by atoms with Crippen molar-refractivity contribution in [2.45, 2.75) is 25.5 Å². The van der Waals surface area contributed by atoms with Crippen LogP contribution in [0.2, 0.25) is 0 Å². The van der Waals surface area contributed by atoms with Crippen LogP contribution in [-0.4, -0.2) is 63.0 Å². The molecule has 0 aromatic rings. The Morgan fingerprint density at radius 3 is 3.13 bits per heavy atom. The number of nitrogens with one attached hydrogen (secondary N) is 1. The summed E-state index contributed by atoms with van der Waals surface area (Å²) >= 11 is 0. The molecule has 0 aromatic heterocycles. The molecule has 0 bridgehead atoms. The van der Waals surface area contributed by atoms with Crippen LogP contribution >= 0.6 is 0 Å². The first kappa shape index (κ1) is 11.3. The molecular formula is C11H22N2O2. The molecule has 2 atom stereocenters. The summed E-state index contributed by atoms with van der Waals surface area (Å²) in [6.45, 7) is 9.07. The molecule has 2 rings (SSSR count). The summed E-state index contributed by atoms with van der Waals surface area (Å²) in [5.41, 5.74) is 0. The predicted octanol–water partition coefficient (Wildman–Crippen LogP) is 0.0856. The predicted molar refractivity (Wildman–Crippen MR) is 59.1 cm³/mol. The summed E-state index contributed by atoms with van der Waals surface area (Å²) in [4.78, 5) is 2.49. The highest BCUT2D eigenvalue weighted by Crippen LogP contribution is 2.06. The Kier molecular flexibility index (Phi) is 4.38. The van der Waals surface area contributed by atoms with E-state index in [1.54, 1.807) is 0 Å². The molecule has 0 saturated carbocycles. The minimum absolute atomic E-state index is 0.372. The summed E-state index contributed by atoms with van der Waals surface area (Å²) in [6.07, 6.45) is 1.52. The van der Waals surface area contributed by atoms with Gasteiger partial charge in [-0.2, -0.15) is 0 Å². The molecule has 15 heavy (non-hydrogen) atoms. The molecule has 0 radical (unpaired) electrons. The van der Waals surface area contributed by atoms with Gasteiger partial charge in [-0.3, -0.25) is 4.90 Å². The molecule has 0 aromatic carbocycles. The molecule has 4 nitrogen and oxygen atoms in total. The van der Waals surface area contributed by atoms with E-state index >= 15 is 0 Å². The summed E-state index contributed by atoms with van der Waals surface area (Å²) in [7, 11) is 0. The topological polar surface area (TPSA) is 33.7 Å². The fourth-order valence-electron chi connectivity index (χ4n) is 2.29. The third-order valence-corrected chi connectivity index (χ3v) is 3.01. The summed E-state index contributed by atoms with van der Waals surface area (Å²) in [5, 5.41) is 3.49. The van der Waals surface area contributed by atoms with Crippen LogP contribution in [0.3, 0.4) is 0 Å². The molecule has 2 aliphatic heterocycles. The van der Waals surface area contributed by atoms with Gasteiger partial charge in [-0.05, 0) is 13.3 Å². The molecule has 0 amide bonds. The van der Waals surface area contributed by atoms with E-state index in [1.807, 2.05) is 0 Å². The largest absolute Gasteiger partial charge is 0.378 e. The van der Waals surface area contributed by atoms with E-state index in [1.165, 1.54) is 0 Å². The molecule has 2 aliphatic rings. The highest BCUT2D eigenvalue weighted by Gasteiger charge is 2.20. The van der Waals surface area contributed by atoms with Gasteiger partial charge in [0.25, 0.3) is 0 Å². The van der Waals surface area contributed by atoms with Gasteiger partial charge in [0, 0.05) is 38.8 Å². The van der Waals surface area contributed by atoms with Crippen molar-refractivity contribution < 1.29 is 9.47 Å². The van der Waals surface area contributed by atoms with Crippen molar-refractivity contribution >= 4 is 0 Å². The van der Waals surface area contributed by atoms with E-state index < -0.39 is 0 Å². The van der Waals surface area contributed by atoms with E-state index in [4.69, 9.17) is 9.47 Å². The van der Waals surface area contributed by atoms with E-state index in [9.17, 15) is 0 Å². The molecule has 88 valence electrons. The van der Waals surface area contributed by atoms with Crippen LogP contribution in [0.15, 0.2) is 0 Å². The monoisotopic (exact) mass is 214 g/mol. The van der Waals surface area contributed by atoms with Crippen molar-refractivity contribution in [3.63, 3.8) is 0 Å². The Morgan fingerprint density at radius 1 is 1.40 bits per heavy atom. The molecule has 1 N–H and O–H groups in total. The van der Waals surface area contributed by atoms with Gasteiger partial charge in [0.15, 0.2) is 0 Å². The maximum atomic E-state index is 5.63. The molecule has 2 saturated heterocycles. The third-order valence-electron chi connectivity index (χ3n) is 3.01. The Hall–Kier alpha value is -0.160. The number of nitrogens with zero attached hydrogens (tertiary/aromatic N) is 1. The second-order valence-electron chi connectivity index (χ2n) is 4.52. The summed E-state index contributed by atoms with van der Waals surface area (Å²) in [5.74, 6) is 0. The molecule has 2 fully saturated rings. The maximum Gasteiger partial charge on any atom is 0.0673 e. The Morgan fingerprint density at radius 2 is 2.33 bits per heavy atom. The van der Waals surface area contributed by atoms with E-state index in [0.29, 0.717) is 12.1 Å². The molecule has 0 spiro atoms. The zero-order valence-electron chi connectivity index (χ0n) is 9.58. The van der Waals surface area contributed by atoms with Crippen LogP contribution in [0, 0.1) is 0 Å². The van der Waals surface area contributed by atoms with Gasteiger partial charge in [0.05, 0.1) is 19.3 Å². The number of morpholine rings is 1. The van der Waals surface area contributed by atoms with Gasteiger partial charge in [-0.1, -0.05) is 0 Å². The van der Waals surface area contributed by atoms with Crippen molar-refractivity contribution in [2.24, 2.45) is 0 Å². The third kappa shape index (κ3) is 3.72. The van der Waals surface area contributed by atoms with Gasteiger partial charge >= 0.3 is 0 Å². The van der Waals surface area contributed by atoms with Crippen molar-refractivity contribution in [1.29, 1.82) is 0 Å². The van der Waals surface area contributed by atoms with Crippen molar-refractivity contribution in [3.05, 3.63) is 0 Å². The van der Waals surface area contributed by atoms with Crippen LogP contribution in [0.4, 0.5) is 0 Å². The second kappa shape index (κ2) is 5.80. The summed E-state index contributed by atoms with van der Waals surface area (Å²) in [6, 6.07) is 0.504. The number of hydrogen-bond donors (Lipinski definition) is 1. The van der Waals surface area contributed by atoms with Crippen LogP contribution in [0.5, 0.6) is 0 Å². The van der Waals surface area contributed by atoms with Gasteiger partial charge in [-0.25, -0.2) is 0 Å². The molecule has 4 heteroatoms. The first-order valence-electron chi connectivity index (χ1n) is 5.99. The summed E-state index contributed by atoms with van der Waals surface area (Å²) < 4.78 is 11.1. The van der Waals surface area contributed by atoms with Crippen LogP contribution in [0.1, 0.15) is 13.3 Å². The van der Waals surface area contributed by atoms with E-state index in [2.05, 4.69) is 17.1 Å². The Balaban J connectivity index is 1.76. The van der Waals surface area contributed by atoms with Gasteiger partial charge < -0.3 is 14.8 Å². The SMILES string of the molecule is CC1CN(CC2COCCN2)CCCO1. The van der Waals surface area contributed by atoms with Crippen molar-refractivity contribution in [3.8, 4) is 0 Å². The number of hydrogen-bond acceptors (Lipinski definition) is 4. The van der Waals surface area contributed by atoms with Crippen molar-refractivity contribution in [1.82, 2.24) is 10.2 Å². The van der Waals surface area contributed by atoms with Crippen LogP contribution in [-0.2, 0) is 9.47 Å². The normalized spacial score (nSPS) is 35.0. The lowest BCUT2D eigenvalue weighted by atomic mass is 10.2. The molecule has 0 aliphatic carbocycles. The highest BCUT2D eigenvalue weighted by atomic mass is 16.5. The lowest BCUT2D eigenvalue weighted by Gasteiger charge is -2.30. The smallest absolute Gasteiger partial charge is 0.0673 e. The fourth-order valence-corrected chi connectivity index (χ4v) is 2.29. The number of ether oxygens (including phenoxy) is 2.